The van der Waals surface area contributed by atoms with Crippen LogP contribution in [-0.2, 0) is 4.79 Å². The first-order valence-electron chi connectivity index (χ1n) is 3.28. The molecule has 0 radical (unpaired) electrons. The van der Waals surface area contributed by atoms with Crippen molar-refractivity contribution >= 4 is 5.91 Å². The van der Waals surface area contributed by atoms with E-state index in [-0.39, 0.29) is 18.7 Å². The maximum Gasteiger partial charge on any atom is 0.221 e. The monoisotopic (exact) mass is 146 g/mol. The molecule has 1 saturated heterocycles. The highest BCUT2D eigenvalue weighted by molar-refractivity contribution is 5.79. The number of hydrogen-bond acceptors (Lipinski definition) is 2. The van der Waals surface area contributed by atoms with Gasteiger partial charge in [-0.2, -0.15) is 0 Å². The first-order valence-corrected chi connectivity index (χ1v) is 3.28. The zero-order valence-electron chi connectivity index (χ0n) is 5.69. The third-order valence-corrected chi connectivity index (χ3v) is 1.74. The van der Waals surface area contributed by atoms with E-state index < -0.39 is 12.2 Å². The molecule has 3 N–H and O–H groups in total. The number of halogens is 1. The van der Waals surface area contributed by atoms with Crippen molar-refractivity contribution in [2.45, 2.75) is 18.4 Å². The smallest absolute Gasteiger partial charge is 0.221 e. The molecule has 0 bridgehead atoms. The summed E-state index contributed by atoms with van der Waals surface area (Å²) in [5, 5.41) is 2.56. The predicted octanol–water partition coefficient (Wildman–Crippen LogP) is -0.437. The van der Waals surface area contributed by atoms with Crippen LogP contribution in [0.25, 0.3) is 0 Å². The van der Waals surface area contributed by atoms with Crippen LogP contribution in [0.2, 0.25) is 0 Å². The molecule has 0 aromatic carbocycles. The third-order valence-electron chi connectivity index (χ3n) is 1.74. The van der Waals surface area contributed by atoms with Gasteiger partial charge in [0.2, 0.25) is 5.91 Å². The van der Waals surface area contributed by atoms with Crippen molar-refractivity contribution in [2.75, 3.05) is 13.2 Å². The van der Waals surface area contributed by atoms with Gasteiger partial charge < -0.3 is 11.1 Å². The number of amides is 1. The molecule has 1 atom stereocenters. The second-order valence-electron chi connectivity index (χ2n) is 2.75. The molecule has 0 saturated carbocycles. The fraction of sp³-hybridized carbons (Fsp3) is 0.833. The molecule has 0 aromatic heterocycles. The highest BCUT2D eigenvalue weighted by Crippen LogP contribution is 2.15. The highest BCUT2D eigenvalue weighted by atomic mass is 19.1. The molecular formula is C6H11FN2O. The second-order valence-corrected chi connectivity index (χ2v) is 2.75. The van der Waals surface area contributed by atoms with E-state index in [9.17, 15) is 9.18 Å². The summed E-state index contributed by atoms with van der Waals surface area (Å²) in [5.41, 5.74) is 5.02. The van der Waals surface area contributed by atoms with Crippen LogP contribution in [-0.4, -0.2) is 24.7 Å². The number of nitrogens with two attached hydrogens (primary N) is 1. The molecule has 1 aliphatic heterocycles. The minimum atomic E-state index is -0.619. The standard InChI is InChI=1S/C6H11FN2O/c7-2-1-6(8)3-5(10)9-4-6/h1-4,8H2,(H,9,10). The molecule has 0 aliphatic carbocycles. The first-order chi connectivity index (χ1) is 4.66. The van der Waals surface area contributed by atoms with Crippen LogP contribution in [0.3, 0.4) is 0 Å². The molecular weight excluding hydrogens is 135 g/mol. The maximum atomic E-state index is 11.8. The quantitative estimate of drug-likeness (QED) is 0.555. The summed E-state index contributed by atoms with van der Waals surface area (Å²) in [6.07, 6.45) is 0.530. The Kier molecular flexibility index (Phi) is 1.89. The molecule has 1 heterocycles. The Labute approximate surface area is 58.8 Å². The van der Waals surface area contributed by atoms with Crippen molar-refractivity contribution in [1.82, 2.24) is 5.32 Å². The zero-order chi connectivity index (χ0) is 7.61. The fourth-order valence-corrected chi connectivity index (χ4v) is 1.08. The Morgan fingerprint density at radius 2 is 2.50 bits per heavy atom. The van der Waals surface area contributed by atoms with Gasteiger partial charge in [0.25, 0.3) is 0 Å². The molecule has 58 valence electrons. The lowest BCUT2D eigenvalue weighted by Crippen LogP contribution is -2.42. The Morgan fingerprint density at radius 1 is 1.80 bits per heavy atom. The van der Waals surface area contributed by atoms with Crippen LogP contribution in [0.5, 0.6) is 0 Å². The van der Waals surface area contributed by atoms with Gasteiger partial charge in [-0.3, -0.25) is 9.18 Å². The SMILES string of the molecule is NC1(CCF)CNC(=O)C1. The number of carbonyl (C=O) groups excluding carboxylic acids is 1. The van der Waals surface area contributed by atoms with Crippen LogP contribution in [0.4, 0.5) is 4.39 Å². The Morgan fingerprint density at radius 3 is 2.90 bits per heavy atom. The van der Waals surface area contributed by atoms with Crippen molar-refractivity contribution in [3.05, 3.63) is 0 Å². The Hall–Kier alpha value is -0.640. The van der Waals surface area contributed by atoms with Gasteiger partial charge in [0.15, 0.2) is 0 Å². The first kappa shape index (κ1) is 7.47. The van der Waals surface area contributed by atoms with Gasteiger partial charge in [-0.05, 0) is 6.42 Å². The number of nitrogens with one attached hydrogen (secondary N) is 1. The van der Waals surface area contributed by atoms with Gasteiger partial charge in [0.1, 0.15) is 0 Å². The van der Waals surface area contributed by atoms with Gasteiger partial charge >= 0.3 is 0 Å². The Bertz CT molecular complexity index is 151. The van der Waals surface area contributed by atoms with E-state index in [4.69, 9.17) is 5.73 Å². The topological polar surface area (TPSA) is 55.1 Å². The summed E-state index contributed by atoms with van der Waals surface area (Å²) < 4.78 is 11.8. The molecule has 0 aromatic rings. The van der Waals surface area contributed by atoms with Crippen LogP contribution in [0, 0.1) is 0 Å². The maximum absolute atomic E-state index is 11.8. The van der Waals surface area contributed by atoms with E-state index in [0.29, 0.717) is 6.54 Å². The van der Waals surface area contributed by atoms with E-state index in [1.807, 2.05) is 0 Å². The summed E-state index contributed by atoms with van der Waals surface area (Å²) in [6, 6.07) is 0. The number of alkyl halides is 1. The van der Waals surface area contributed by atoms with Crippen LogP contribution in [0.1, 0.15) is 12.8 Å². The fourth-order valence-electron chi connectivity index (χ4n) is 1.08. The minimum Gasteiger partial charge on any atom is -0.354 e. The van der Waals surface area contributed by atoms with E-state index in [2.05, 4.69) is 5.32 Å². The Balaban J connectivity index is 2.46. The minimum absolute atomic E-state index is 0.0732. The van der Waals surface area contributed by atoms with Crippen molar-refractivity contribution in [2.24, 2.45) is 5.73 Å². The average molecular weight is 146 g/mol. The van der Waals surface area contributed by atoms with Gasteiger partial charge in [-0.25, -0.2) is 0 Å². The van der Waals surface area contributed by atoms with Crippen molar-refractivity contribution < 1.29 is 9.18 Å². The van der Waals surface area contributed by atoms with Gasteiger partial charge in [0.05, 0.1) is 6.67 Å². The summed E-state index contributed by atoms with van der Waals surface area (Å²) >= 11 is 0. The van der Waals surface area contributed by atoms with Crippen LogP contribution >= 0.6 is 0 Å². The number of carbonyl (C=O) groups is 1. The predicted molar refractivity (Wildman–Crippen MR) is 35.1 cm³/mol. The van der Waals surface area contributed by atoms with Gasteiger partial charge in [-0.15, -0.1) is 0 Å². The summed E-state index contributed by atoms with van der Waals surface area (Å²) in [4.78, 5) is 10.6. The van der Waals surface area contributed by atoms with E-state index in [1.54, 1.807) is 0 Å². The molecule has 10 heavy (non-hydrogen) atoms. The van der Waals surface area contributed by atoms with Gasteiger partial charge in [0, 0.05) is 18.5 Å². The van der Waals surface area contributed by atoms with Crippen LogP contribution in [0.15, 0.2) is 0 Å². The molecule has 1 aliphatic rings. The molecule has 4 heteroatoms. The summed E-state index contributed by atoms with van der Waals surface area (Å²) in [5.74, 6) is -0.0732. The molecule has 1 fully saturated rings. The zero-order valence-corrected chi connectivity index (χ0v) is 5.69. The van der Waals surface area contributed by atoms with Crippen molar-refractivity contribution in [3.8, 4) is 0 Å². The number of hydrogen-bond donors (Lipinski definition) is 2. The van der Waals surface area contributed by atoms with Crippen molar-refractivity contribution in [3.63, 3.8) is 0 Å². The largest absolute Gasteiger partial charge is 0.354 e. The van der Waals surface area contributed by atoms with E-state index >= 15 is 0 Å². The van der Waals surface area contributed by atoms with E-state index in [0.717, 1.165) is 0 Å². The molecule has 3 nitrogen and oxygen atoms in total. The summed E-state index contributed by atoms with van der Waals surface area (Å²) in [7, 11) is 0. The van der Waals surface area contributed by atoms with Crippen LogP contribution < -0.4 is 11.1 Å². The van der Waals surface area contributed by atoms with Gasteiger partial charge in [-0.1, -0.05) is 0 Å². The number of rotatable bonds is 2. The molecule has 1 rings (SSSR count). The molecule has 1 unspecified atom stereocenters. The second kappa shape index (κ2) is 2.54. The lowest BCUT2D eigenvalue weighted by atomic mass is 9.96. The molecule has 1 amide bonds. The average Bonchev–Trinajstić information content (AvgIpc) is 2.12. The summed E-state index contributed by atoms with van der Waals surface area (Å²) in [6.45, 7) is -0.0405. The lowest BCUT2D eigenvalue weighted by Gasteiger charge is -2.18. The lowest BCUT2D eigenvalue weighted by molar-refractivity contribution is -0.119. The van der Waals surface area contributed by atoms with E-state index in [1.165, 1.54) is 0 Å². The third kappa shape index (κ3) is 1.44. The highest BCUT2D eigenvalue weighted by Gasteiger charge is 2.33. The molecule has 0 spiro atoms. The normalized spacial score (nSPS) is 32.4. The van der Waals surface area contributed by atoms with Crippen molar-refractivity contribution in [1.29, 1.82) is 0 Å².